The molecule has 0 aliphatic carbocycles. The zero-order chi connectivity index (χ0) is 14.0. The minimum Gasteiger partial charge on any atom is -0.368 e. The van der Waals surface area contributed by atoms with Gasteiger partial charge in [-0.1, -0.05) is 0 Å². The second-order valence-electron chi connectivity index (χ2n) is 4.70. The Balaban J connectivity index is 2.28. The van der Waals surface area contributed by atoms with Gasteiger partial charge in [0.25, 0.3) is 0 Å². The van der Waals surface area contributed by atoms with E-state index in [1.165, 1.54) is 6.07 Å². The molecule has 4 nitrogen and oxygen atoms in total. The number of amides is 1. The van der Waals surface area contributed by atoms with Gasteiger partial charge >= 0.3 is 0 Å². The second kappa shape index (κ2) is 5.63. The molecule has 1 aliphatic heterocycles. The van der Waals surface area contributed by atoms with Gasteiger partial charge in [-0.2, -0.15) is 0 Å². The SMILES string of the molecule is CC(c1cc(F)ccc1F)N1CCNCC1C(N)=O. The molecular formula is C13H17F2N3O. The summed E-state index contributed by atoms with van der Waals surface area (Å²) in [4.78, 5) is 13.2. The van der Waals surface area contributed by atoms with Crippen LogP contribution in [0.1, 0.15) is 18.5 Å². The summed E-state index contributed by atoms with van der Waals surface area (Å²) in [6, 6.07) is 2.43. The van der Waals surface area contributed by atoms with Crippen LogP contribution in [0.3, 0.4) is 0 Å². The minimum atomic E-state index is -0.508. The van der Waals surface area contributed by atoms with E-state index in [4.69, 9.17) is 5.73 Å². The molecular weight excluding hydrogens is 252 g/mol. The van der Waals surface area contributed by atoms with Crippen molar-refractivity contribution < 1.29 is 13.6 Å². The van der Waals surface area contributed by atoms with Crippen molar-refractivity contribution in [2.45, 2.75) is 19.0 Å². The van der Waals surface area contributed by atoms with E-state index in [0.717, 1.165) is 12.1 Å². The molecule has 0 saturated carbocycles. The summed E-state index contributed by atoms with van der Waals surface area (Å²) in [5, 5.41) is 3.07. The zero-order valence-electron chi connectivity index (χ0n) is 10.7. The predicted octanol–water partition coefficient (Wildman–Crippen LogP) is 0.785. The lowest BCUT2D eigenvalue weighted by atomic mass is 10.0. The third-order valence-electron chi connectivity index (χ3n) is 3.52. The molecule has 1 aromatic carbocycles. The molecule has 2 atom stereocenters. The molecule has 6 heteroatoms. The maximum Gasteiger partial charge on any atom is 0.236 e. The lowest BCUT2D eigenvalue weighted by Gasteiger charge is -2.38. The number of hydrogen-bond donors (Lipinski definition) is 2. The van der Waals surface area contributed by atoms with Crippen LogP contribution in [0.4, 0.5) is 8.78 Å². The van der Waals surface area contributed by atoms with Crippen LogP contribution in [0.5, 0.6) is 0 Å². The van der Waals surface area contributed by atoms with Crippen molar-refractivity contribution in [2.75, 3.05) is 19.6 Å². The highest BCUT2D eigenvalue weighted by Gasteiger charge is 2.32. The molecule has 0 aromatic heterocycles. The summed E-state index contributed by atoms with van der Waals surface area (Å²) >= 11 is 0. The van der Waals surface area contributed by atoms with Crippen molar-refractivity contribution in [1.29, 1.82) is 0 Å². The lowest BCUT2D eigenvalue weighted by Crippen LogP contribution is -2.57. The number of primary amides is 1. The van der Waals surface area contributed by atoms with Crippen molar-refractivity contribution in [2.24, 2.45) is 5.73 Å². The topological polar surface area (TPSA) is 58.4 Å². The van der Waals surface area contributed by atoms with E-state index in [1.807, 2.05) is 0 Å². The van der Waals surface area contributed by atoms with Crippen LogP contribution in [0, 0.1) is 11.6 Å². The maximum absolute atomic E-state index is 13.8. The fourth-order valence-corrected chi connectivity index (χ4v) is 2.46. The van der Waals surface area contributed by atoms with Crippen LogP contribution >= 0.6 is 0 Å². The first-order valence-corrected chi connectivity index (χ1v) is 6.21. The first kappa shape index (κ1) is 13.9. The number of benzene rings is 1. The van der Waals surface area contributed by atoms with Gasteiger partial charge in [0.2, 0.25) is 5.91 Å². The average Bonchev–Trinajstić information content (AvgIpc) is 2.40. The number of piperazine rings is 1. The Bertz CT molecular complexity index is 481. The Morgan fingerprint density at radius 1 is 1.53 bits per heavy atom. The fraction of sp³-hybridized carbons (Fsp3) is 0.462. The largest absolute Gasteiger partial charge is 0.368 e. The van der Waals surface area contributed by atoms with Gasteiger partial charge in [0, 0.05) is 31.2 Å². The van der Waals surface area contributed by atoms with Crippen LogP contribution in [0.25, 0.3) is 0 Å². The Morgan fingerprint density at radius 2 is 2.26 bits per heavy atom. The summed E-state index contributed by atoms with van der Waals surface area (Å²) in [6.45, 7) is 3.42. The predicted molar refractivity (Wildman–Crippen MR) is 67.3 cm³/mol. The summed E-state index contributed by atoms with van der Waals surface area (Å²) in [7, 11) is 0. The van der Waals surface area contributed by atoms with E-state index < -0.39 is 29.6 Å². The number of carbonyl (C=O) groups excluding carboxylic acids is 1. The van der Waals surface area contributed by atoms with Gasteiger partial charge in [-0.05, 0) is 25.1 Å². The van der Waals surface area contributed by atoms with Crippen LogP contribution in [-0.4, -0.2) is 36.5 Å². The third-order valence-corrected chi connectivity index (χ3v) is 3.52. The summed E-state index contributed by atoms with van der Waals surface area (Å²) in [6.07, 6.45) is 0. The molecule has 0 radical (unpaired) electrons. The molecule has 104 valence electrons. The van der Waals surface area contributed by atoms with E-state index in [0.29, 0.717) is 19.6 Å². The highest BCUT2D eigenvalue weighted by Crippen LogP contribution is 2.26. The molecule has 2 rings (SSSR count). The molecule has 1 saturated heterocycles. The number of halogens is 2. The Hall–Kier alpha value is -1.53. The fourth-order valence-electron chi connectivity index (χ4n) is 2.46. The molecule has 1 amide bonds. The Kier molecular flexibility index (Phi) is 4.11. The maximum atomic E-state index is 13.8. The highest BCUT2D eigenvalue weighted by atomic mass is 19.1. The van der Waals surface area contributed by atoms with Crippen LogP contribution in [0.2, 0.25) is 0 Å². The van der Waals surface area contributed by atoms with Crippen molar-refractivity contribution >= 4 is 5.91 Å². The van der Waals surface area contributed by atoms with Crippen LogP contribution in [0.15, 0.2) is 18.2 Å². The molecule has 0 spiro atoms. The van der Waals surface area contributed by atoms with E-state index in [1.54, 1.807) is 11.8 Å². The molecule has 1 aromatic rings. The summed E-state index contributed by atoms with van der Waals surface area (Å²) < 4.78 is 27.0. The van der Waals surface area contributed by atoms with Crippen molar-refractivity contribution in [1.82, 2.24) is 10.2 Å². The van der Waals surface area contributed by atoms with E-state index in [-0.39, 0.29) is 5.56 Å². The third kappa shape index (κ3) is 2.90. The molecule has 0 bridgehead atoms. The average molecular weight is 269 g/mol. The van der Waals surface area contributed by atoms with Crippen LogP contribution < -0.4 is 11.1 Å². The number of nitrogens with two attached hydrogens (primary N) is 1. The van der Waals surface area contributed by atoms with E-state index in [9.17, 15) is 13.6 Å². The first-order valence-electron chi connectivity index (χ1n) is 6.21. The zero-order valence-corrected chi connectivity index (χ0v) is 10.7. The molecule has 1 heterocycles. The van der Waals surface area contributed by atoms with Gasteiger partial charge in [-0.3, -0.25) is 9.69 Å². The molecule has 3 N–H and O–H groups in total. The smallest absolute Gasteiger partial charge is 0.236 e. The number of hydrogen-bond acceptors (Lipinski definition) is 3. The number of rotatable bonds is 3. The normalized spacial score (nSPS) is 22.2. The number of nitrogens with zero attached hydrogens (tertiary/aromatic N) is 1. The van der Waals surface area contributed by atoms with Gasteiger partial charge in [0.1, 0.15) is 17.7 Å². The monoisotopic (exact) mass is 269 g/mol. The Morgan fingerprint density at radius 3 is 2.95 bits per heavy atom. The summed E-state index contributed by atoms with van der Waals surface area (Å²) in [5.74, 6) is -1.43. The quantitative estimate of drug-likeness (QED) is 0.852. The van der Waals surface area contributed by atoms with Crippen molar-refractivity contribution in [3.8, 4) is 0 Å². The number of carbonyl (C=O) groups is 1. The van der Waals surface area contributed by atoms with Crippen molar-refractivity contribution in [3.05, 3.63) is 35.4 Å². The van der Waals surface area contributed by atoms with Gasteiger partial charge < -0.3 is 11.1 Å². The first-order chi connectivity index (χ1) is 9.00. The van der Waals surface area contributed by atoms with Gasteiger partial charge in [-0.25, -0.2) is 8.78 Å². The van der Waals surface area contributed by atoms with E-state index in [2.05, 4.69) is 5.32 Å². The highest BCUT2D eigenvalue weighted by molar-refractivity contribution is 5.80. The minimum absolute atomic E-state index is 0.244. The van der Waals surface area contributed by atoms with Crippen molar-refractivity contribution in [3.63, 3.8) is 0 Å². The summed E-state index contributed by atoms with van der Waals surface area (Å²) in [5.41, 5.74) is 5.60. The number of nitrogens with one attached hydrogen (secondary N) is 1. The molecule has 19 heavy (non-hydrogen) atoms. The van der Waals surface area contributed by atoms with E-state index >= 15 is 0 Å². The van der Waals surface area contributed by atoms with Gasteiger partial charge in [-0.15, -0.1) is 0 Å². The molecule has 1 fully saturated rings. The molecule has 1 aliphatic rings. The second-order valence-corrected chi connectivity index (χ2v) is 4.70. The van der Waals surface area contributed by atoms with Crippen LogP contribution in [-0.2, 0) is 4.79 Å². The Labute approximate surface area is 110 Å². The lowest BCUT2D eigenvalue weighted by molar-refractivity contribution is -0.124. The van der Waals surface area contributed by atoms with Gasteiger partial charge in [0.05, 0.1) is 0 Å². The molecule has 2 unspecified atom stereocenters. The standard InChI is InChI=1S/C13H17F2N3O/c1-8(10-6-9(14)2-3-11(10)15)18-5-4-17-7-12(18)13(16)19/h2-3,6,8,12,17H,4-5,7H2,1H3,(H2,16,19). The van der Waals surface area contributed by atoms with Gasteiger partial charge in [0.15, 0.2) is 0 Å².